The van der Waals surface area contributed by atoms with E-state index in [1.54, 1.807) is 19.1 Å². The Labute approximate surface area is 103 Å². The van der Waals surface area contributed by atoms with Crippen molar-refractivity contribution in [3.8, 4) is 0 Å². The average molecular weight is 163 g/mol. The second kappa shape index (κ2) is 7.71. The predicted octanol–water partition coefficient (Wildman–Crippen LogP) is -4.46. The van der Waals surface area contributed by atoms with Crippen molar-refractivity contribution in [2.75, 3.05) is 0 Å². The second-order valence-corrected chi connectivity index (χ2v) is 2.62. The van der Waals surface area contributed by atoms with E-state index in [0.29, 0.717) is 5.56 Å². The third-order valence-electron chi connectivity index (χ3n) is 1.58. The molecular weight excluding hydrogens is 152 g/mol. The minimum absolute atomic E-state index is 0. The molecular formula is C9H11Li2NO. The molecule has 0 unspecified atom stereocenters. The van der Waals surface area contributed by atoms with Gasteiger partial charge in [-0.3, -0.25) is 0 Å². The summed E-state index contributed by atoms with van der Waals surface area (Å²) in [6, 6.07) is 8.47. The maximum absolute atomic E-state index is 11.2. The molecule has 4 heteroatoms. The van der Waals surface area contributed by atoms with Gasteiger partial charge in [0.1, 0.15) is 0 Å². The van der Waals surface area contributed by atoms with Gasteiger partial charge in [0.2, 0.25) is 0 Å². The molecule has 13 heavy (non-hydrogen) atoms. The average Bonchev–Trinajstić information content (AvgIpc) is 2.05. The van der Waals surface area contributed by atoms with Crippen LogP contribution in [0.3, 0.4) is 0 Å². The van der Waals surface area contributed by atoms with Gasteiger partial charge in [-0.25, -0.2) is 0 Å². The van der Waals surface area contributed by atoms with E-state index in [9.17, 15) is 5.11 Å². The summed E-state index contributed by atoms with van der Waals surface area (Å²) in [6.07, 6.45) is -0.906. The number of hydrogen-bond donors (Lipinski definition) is 0. The SMILES string of the molecule is C[C@H]([NH-])[C@H]([O-])c1ccccc1.[Li+].[Li+]. The first-order valence-corrected chi connectivity index (χ1v) is 3.63. The maximum atomic E-state index is 11.2. The maximum Gasteiger partial charge on any atom is 1.00 e. The first kappa shape index (κ1) is 15.8. The molecule has 1 rings (SSSR count). The molecule has 1 aromatic carbocycles. The fourth-order valence-corrected chi connectivity index (χ4v) is 0.931. The second-order valence-electron chi connectivity index (χ2n) is 2.62. The predicted molar refractivity (Wildman–Crippen MR) is 43.0 cm³/mol. The largest absolute Gasteiger partial charge is 1.00 e. The molecule has 0 spiro atoms. The first-order chi connectivity index (χ1) is 5.22. The van der Waals surface area contributed by atoms with Gasteiger partial charge in [-0.1, -0.05) is 42.8 Å². The van der Waals surface area contributed by atoms with E-state index in [4.69, 9.17) is 5.73 Å². The summed E-state index contributed by atoms with van der Waals surface area (Å²) in [5.74, 6) is 0. The Bertz CT molecular complexity index is 216. The Morgan fingerprint density at radius 1 is 1.15 bits per heavy atom. The summed E-state index contributed by atoms with van der Waals surface area (Å²) < 4.78 is 0. The van der Waals surface area contributed by atoms with Crippen molar-refractivity contribution in [1.29, 1.82) is 0 Å². The van der Waals surface area contributed by atoms with Gasteiger partial charge in [0.25, 0.3) is 0 Å². The van der Waals surface area contributed by atoms with Gasteiger partial charge in [-0.15, -0.1) is 6.10 Å². The van der Waals surface area contributed by atoms with Crippen molar-refractivity contribution < 1.29 is 42.8 Å². The van der Waals surface area contributed by atoms with Crippen LogP contribution in [0.5, 0.6) is 0 Å². The molecule has 0 bridgehead atoms. The van der Waals surface area contributed by atoms with Crippen LogP contribution in [-0.4, -0.2) is 6.04 Å². The standard InChI is InChI=1S/C9H11NO.2Li/c1-7(10)9(11)8-5-3-2-4-6-8;;/h2-7,9-10H,1H3;;/q-2;2*+1/t7-,9-;;/m0../s1. The van der Waals surface area contributed by atoms with E-state index < -0.39 is 12.1 Å². The zero-order valence-corrected chi connectivity index (χ0v) is 8.45. The summed E-state index contributed by atoms with van der Waals surface area (Å²) in [5.41, 5.74) is 7.91. The van der Waals surface area contributed by atoms with Crippen LogP contribution >= 0.6 is 0 Å². The molecule has 0 amide bonds. The summed E-state index contributed by atoms with van der Waals surface area (Å²) in [5, 5.41) is 11.2. The normalized spacial score (nSPS) is 13.5. The van der Waals surface area contributed by atoms with Crippen LogP contribution in [0.2, 0.25) is 0 Å². The quantitative estimate of drug-likeness (QED) is 0.405. The molecule has 2 nitrogen and oxygen atoms in total. The van der Waals surface area contributed by atoms with Gasteiger partial charge >= 0.3 is 37.7 Å². The number of benzene rings is 1. The Morgan fingerprint density at radius 3 is 2.00 bits per heavy atom. The third kappa shape index (κ3) is 4.94. The molecule has 0 saturated heterocycles. The molecule has 0 fully saturated rings. The van der Waals surface area contributed by atoms with E-state index in [1.807, 2.05) is 18.2 Å². The number of hydrogen-bond acceptors (Lipinski definition) is 1. The summed E-state index contributed by atoms with van der Waals surface area (Å²) in [6.45, 7) is 1.62. The molecule has 0 radical (unpaired) electrons. The summed E-state index contributed by atoms with van der Waals surface area (Å²) >= 11 is 0. The molecule has 0 aromatic heterocycles. The summed E-state index contributed by atoms with van der Waals surface area (Å²) in [7, 11) is 0. The molecule has 60 valence electrons. The zero-order chi connectivity index (χ0) is 8.27. The minimum Gasteiger partial charge on any atom is -0.850 e. The van der Waals surface area contributed by atoms with Crippen LogP contribution in [0.25, 0.3) is 5.73 Å². The molecule has 1 aromatic rings. The van der Waals surface area contributed by atoms with Crippen LogP contribution in [0.15, 0.2) is 30.3 Å². The third-order valence-corrected chi connectivity index (χ3v) is 1.58. The minimum atomic E-state index is -0.906. The van der Waals surface area contributed by atoms with Crippen LogP contribution < -0.4 is 42.8 Å². The van der Waals surface area contributed by atoms with Crippen LogP contribution in [0.1, 0.15) is 18.6 Å². The van der Waals surface area contributed by atoms with Gasteiger partial charge in [-0.2, -0.15) is 6.04 Å². The Balaban J connectivity index is 0. The fourth-order valence-electron chi connectivity index (χ4n) is 0.931. The van der Waals surface area contributed by atoms with E-state index in [-0.39, 0.29) is 37.7 Å². The molecule has 0 heterocycles. The van der Waals surface area contributed by atoms with Gasteiger partial charge in [0, 0.05) is 0 Å². The van der Waals surface area contributed by atoms with Crippen molar-refractivity contribution in [3.63, 3.8) is 0 Å². The van der Waals surface area contributed by atoms with Crippen LogP contribution in [0, 0.1) is 0 Å². The van der Waals surface area contributed by atoms with Crippen molar-refractivity contribution in [2.45, 2.75) is 19.1 Å². The topological polar surface area (TPSA) is 46.9 Å². The van der Waals surface area contributed by atoms with E-state index >= 15 is 0 Å². The smallest absolute Gasteiger partial charge is 0.850 e. The van der Waals surface area contributed by atoms with E-state index in [0.717, 1.165) is 0 Å². The molecule has 0 aliphatic heterocycles. The molecule has 0 aliphatic rings. The Kier molecular flexibility index (Phi) is 9.37. The molecule has 0 aliphatic carbocycles. The first-order valence-electron chi connectivity index (χ1n) is 3.63. The summed E-state index contributed by atoms with van der Waals surface area (Å²) in [4.78, 5) is 0. The van der Waals surface area contributed by atoms with Gasteiger partial charge in [0.05, 0.1) is 0 Å². The molecule has 0 saturated carbocycles. The fraction of sp³-hybridized carbons (Fsp3) is 0.333. The monoisotopic (exact) mass is 163 g/mol. The van der Waals surface area contributed by atoms with E-state index in [2.05, 4.69) is 0 Å². The van der Waals surface area contributed by atoms with Crippen LogP contribution in [-0.2, 0) is 0 Å². The van der Waals surface area contributed by atoms with Crippen molar-refractivity contribution in [2.24, 2.45) is 0 Å². The Morgan fingerprint density at radius 2 is 1.62 bits per heavy atom. The van der Waals surface area contributed by atoms with Gasteiger partial charge in [-0.05, 0) is 0 Å². The number of rotatable bonds is 2. The number of nitrogens with one attached hydrogen (secondary N) is 1. The van der Waals surface area contributed by atoms with Gasteiger partial charge < -0.3 is 10.8 Å². The molecule has 1 N–H and O–H groups in total. The van der Waals surface area contributed by atoms with Crippen molar-refractivity contribution >= 4 is 0 Å². The zero-order valence-electron chi connectivity index (χ0n) is 8.45. The Hall–Kier alpha value is 0.335. The van der Waals surface area contributed by atoms with Crippen molar-refractivity contribution in [1.82, 2.24) is 0 Å². The van der Waals surface area contributed by atoms with E-state index in [1.165, 1.54) is 0 Å². The van der Waals surface area contributed by atoms with Gasteiger partial charge in [0.15, 0.2) is 0 Å². The molecule has 2 atom stereocenters. The van der Waals surface area contributed by atoms with Crippen LogP contribution in [0.4, 0.5) is 0 Å². The van der Waals surface area contributed by atoms with Crippen molar-refractivity contribution in [3.05, 3.63) is 41.6 Å².